The largest absolute Gasteiger partial charge is 0.480 e. The average molecular weight is 479 g/mol. The summed E-state index contributed by atoms with van der Waals surface area (Å²) in [5, 5.41) is 13.6. The Hall–Kier alpha value is -3.59. The maximum atomic E-state index is 10.8. The highest BCUT2D eigenvalue weighted by Crippen LogP contribution is 2.33. The van der Waals surface area contributed by atoms with Crippen LogP contribution in [0.15, 0.2) is 65.3 Å². The second kappa shape index (κ2) is 10.6. The average Bonchev–Trinajstić information content (AvgIpc) is 3.30. The standard InChI is InChI=1S/C25H23ClN4O4/c1-30(14-23(31)32)13-19-9-7-17(12-27-19)24-28-25(34-29-24)16-8-10-20(18(11-16)15-33-2)21-5-3-4-6-22(21)26/h3-12H,13-15H2,1-2H3,(H,31,32). The van der Waals surface area contributed by atoms with Gasteiger partial charge in [-0.2, -0.15) is 4.98 Å². The number of rotatable bonds is 9. The van der Waals surface area contributed by atoms with E-state index in [1.54, 1.807) is 25.3 Å². The molecular formula is C25H23ClN4O4. The molecule has 0 bridgehead atoms. The molecule has 0 fully saturated rings. The minimum absolute atomic E-state index is 0.0576. The second-order valence-corrected chi connectivity index (χ2v) is 8.22. The fourth-order valence-corrected chi connectivity index (χ4v) is 3.85. The molecule has 1 N–H and O–H groups in total. The summed E-state index contributed by atoms with van der Waals surface area (Å²) in [7, 11) is 3.37. The zero-order chi connectivity index (χ0) is 24.1. The molecule has 8 nitrogen and oxygen atoms in total. The summed E-state index contributed by atoms with van der Waals surface area (Å²) in [6.45, 7) is 0.763. The van der Waals surface area contributed by atoms with Gasteiger partial charge in [0.05, 0.1) is 18.8 Å². The molecule has 0 spiro atoms. The van der Waals surface area contributed by atoms with E-state index in [0.717, 1.165) is 27.9 Å². The number of nitrogens with zero attached hydrogens (tertiary/aromatic N) is 4. The van der Waals surface area contributed by atoms with Gasteiger partial charge in [-0.05, 0) is 48.5 Å². The first-order valence-corrected chi connectivity index (χ1v) is 10.9. The van der Waals surface area contributed by atoms with Gasteiger partial charge in [0, 0.05) is 41.6 Å². The number of aromatic nitrogens is 3. The van der Waals surface area contributed by atoms with Crippen LogP contribution >= 0.6 is 11.6 Å². The van der Waals surface area contributed by atoms with Gasteiger partial charge >= 0.3 is 5.97 Å². The molecule has 0 aliphatic rings. The number of methoxy groups -OCH3 is 1. The Morgan fingerprint density at radius 2 is 1.91 bits per heavy atom. The van der Waals surface area contributed by atoms with Gasteiger partial charge in [0.15, 0.2) is 0 Å². The molecule has 0 atom stereocenters. The Morgan fingerprint density at radius 1 is 1.12 bits per heavy atom. The molecule has 0 saturated carbocycles. The first-order chi connectivity index (χ1) is 16.4. The van der Waals surface area contributed by atoms with Gasteiger partial charge in [-0.3, -0.25) is 14.7 Å². The lowest BCUT2D eigenvalue weighted by Gasteiger charge is -2.12. The minimum atomic E-state index is -0.882. The van der Waals surface area contributed by atoms with Gasteiger partial charge in [-0.15, -0.1) is 0 Å². The fraction of sp³-hybridized carbons (Fsp3) is 0.200. The van der Waals surface area contributed by atoms with Crippen molar-refractivity contribution in [2.75, 3.05) is 20.7 Å². The van der Waals surface area contributed by atoms with Crippen molar-refractivity contribution in [3.8, 4) is 34.0 Å². The zero-order valence-electron chi connectivity index (χ0n) is 18.7. The number of ether oxygens (including phenoxy) is 1. The van der Waals surface area contributed by atoms with E-state index in [4.69, 9.17) is 26.0 Å². The van der Waals surface area contributed by atoms with Gasteiger partial charge in [0.2, 0.25) is 5.82 Å². The van der Waals surface area contributed by atoms with Gasteiger partial charge in [0.1, 0.15) is 0 Å². The minimum Gasteiger partial charge on any atom is -0.480 e. The molecule has 9 heteroatoms. The predicted molar refractivity (Wildman–Crippen MR) is 128 cm³/mol. The van der Waals surface area contributed by atoms with E-state index in [0.29, 0.717) is 35.5 Å². The van der Waals surface area contributed by atoms with Crippen LogP contribution in [-0.2, 0) is 22.7 Å². The van der Waals surface area contributed by atoms with Crippen molar-refractivity contribution in [3.63, 3.8) is 0 Å². The molecule has 4 rings (SSSR count). The molecule has 2 aromatic heterocycles. The summed E-state index contributed by atoms with van der Waals surface area (Å²) in [5.41, 5.74) is 5.06. The summed E-state index contributed by atoms with van der Waals surface area (Å²) in [6.07, 6.45) is 1.65. The first-order valence-electron chi connectivity index (χ1n) is 10.5. The summed E-state index contributed by atoms with van der Waals surface area (Å²) in [5.74, 6) is -0.0910. The number of carbonyl (C=O) groups is 1. The Bertz CT molecular complexity index is 1290. The highest BCUT2D eigenvalue weighted by molar-refractivity contribution is 6.33. The zero-order valence-corrected chi connectivity index (χ0v) is 19.5. The van der Waals surface area contributed by atoms with E-state index >= 15 is 0 Å². The third kappa shape index (κ3) is 5.48. The van der Waals surface area contributed by atoms with Gasteiger partial charge in [-0.25, -0.2) is 0 Å². The number of benzene rings is 2. The van der Waals surface area contributed by atoms with Crippen LogP contribution in [0, 0.1) is 0 Å². The second-order valence-electron chi connectivity index (χ2n) is 7.81. The number of halogens is 1. The summed E-state index contributed by atoms with van der Waals surface area (Å²) >= 11 is 6.40. The molecule has 174 valence electrons. The van der Waals surface area contributed by atoms with Crippen molar-refractivity contribution in [1.29, 1.82) is 0 Å². The van der Waals surface area contributed by atoms with Crippen molar-refractivity contribution < 1.29 is 19.2 Å². The number of carboxylic acid groups (broad SMARTS) is 1. The van der Waals surface area contributed by atoms with E-state index in [1.807, 2.05) is 54.6 Å². The number of carboxylic acids is 1. The lowest BCUT2D eigenvalue weighted by atomic mass is 9.97. The van der Waals surface area contributed by atoms with E-state index in [1.165, 1.54) is 0 Å². The summed E-state index contributed by atoms with van der Waals surface area (Å²) in [4.78, 5) is 21.4. The maximum Gasteiger partial charge on any atom is 0.317 e. The lowest BCUT2D eigenvalue weighted by Crippen LogP contribution is -2.25. The molecule has 0 unspecified atom stereocenters. The maximum absolute atomic E-state index is 10.8. The smallest absolute Gasteiger partial charge is 0.317 e. The third-order valence-corrected chi connectivity index (χ3v) is 5.49. The molecule has 34 heavy (non-hydrogen) atoms. The Balaban J connectivity index is 1.56. The molecule has 0 aliphatic carbocycles. The van der Waals surface area contributed by atoms with Crippen molar-refractivity contribution in [3.05, 3.63) is 77.1 Å². The molecular weight excluding hydrogens is 456 g/mol. The van der Waals surface area contributed by atoms with E-state index in [2.05, 4.69) is 15.1 Å². The van der Waals surface area contributed by atoms with Gasteiger partial charge in [0.25, 0.3) is 5.89 Å². The molecule has 0 aliphatic heterocycles. The summed E-state index contributed by atoms with van der Waals surface area (Å²) < 4.78 is 10.9. The van der Waals surface area contributed by atoms with E-state index in [-0.39, 0.29) is 6.54 Å². The monoisotopic (exact) mass is 478 g/mol. The van der Waals surface area contributed by atoms with Crippen LogP contribution in [0.2, 0.25) is 5.02 Å². The SMILES string of the molecule is COCc1cc(-c2nc(-c3ccc(CN(C)CC(=O)O)nc3)no2)ccc1-c1ccccc1Cl. The predicted octanol–water partition coefficient (Wildman–Crippen LogP) is 4.78. The highest BCUT2D eigenvalue weighted by atomic mass is 35.5. The lowest BCUT2D eigenvalue weighted by molar-refractivity contribution is -0.138. The third-order valence-electron chi connectivity index (χ3n) is 5.16. The van der Waals surface area contributed by atoms with Gasteiger partial charge in [-0.1, -0.05) is 41.0 Å². The molecule has 4 aromatic rings. The van der Waals surface area contributed by atoms with Crippen LogP contribution in [0.3, 0.4) is 0 Å². The van der Waals surface area contributed by atoms with E-state index in [9.17, 15) is 4.79 Å². The topological polar surface area (TPSA) is 102 Å². The molecule has 0 radical (unpaired) electrons. The van der Waals surface area contributed by atoms with Crippen molar-refractivity contribution in [2.45, 2.75) is 13.2 Å². The van der Waals surface area contributed by atoms with Crippen LogP contribution in [0.25, 0.3) is 34.0 Å². The molecule has 2 heterocycles. The fourth-order valence-electron chi connectivity index (χ4n) is 3.62. The van der Waals surface area contributed by atoms with Crippen LogP contribution < -0.4 is 0 Å². The van der Waals surface area contributed by atoms with Crippen molar-refractivity contribution in [2.24, 2.45) is 0 Å². The number of hydrogen-bond donors (Lipinski definition) is 1. The first kappa shape index (κ1) is 23.6. The Morgan fingerprint density at radius 3 is 2.62 bits per heavy atom. The summed E-state index contributed by atoms with van der Waals surface area (Å²) in [6, 6.07) is 17.2. The highest BCUT2D eigenvalue weighted by Gasteiger charge is 2.15. The van der Waals surface area contributed by atoms with Crippen LogP contribution in [0.5, 0.6) is 0 Å². The number of likely N-dealkylation sites (N-methyl/N-ethyl adjacent to an activating group) is 1. The normalized spacial score (nSPS) is 11.2. The number of aliphatic carboxylic acids is 1. The number of hydrogen-bond acceptors (Lipinski definition) is 7. The van der Waals surface area contributed by atoms with Gasteiger partial charge < -0.3 is 14.4 Å². The molecule has 0 saturated heterocycles. The van der Waals surface area contributed by atoms with E-state index < -0.39 is 5.97 Å². The molecule has 2 aromatic carbocycles. The van der Waals surface area contributed by atoms with Crippen LogP contribution in [0.1, 0.15) is 11.3 Å². The number of pyridine rings is 1. The quantitative estimate of drug-likeness (QED) is 0.366. The molecule has 0 amide bonds. The Kier molecular flexibility index (Phi) is 7.32. The van der Waals surface area contributed by atoms with Crippen molar-refractivity contribution >= 4 is 17.6 Å². The van der Waals surface area contributed by atoms with Crippen molar-refractivity contribution in [1.82, 2.24) is 20.0 Å². The van der Waals surface area contributed by atoms with Crippen LogP contribution in [0.4, 0.5) is 0 Å². The van der Waals surface area contributed by atoms with Crippen LogP contribution in [-0.4, -0.2) is 51.8 Å². The Labute approximate surface area is 201 Å².